The molecule has 0 aromatic carbocycles. The minimum Gasteiger partial charge on any atom is -0.297 e. The number of hydrazine groups is 2. The first-order chi connectivity index (χ1) is 4.61. The van der Waals surface area contributed by atoms with E-state index in [0.29, 0.717) is 6.04 Å². The van der Waals surface area contributed by atoms with E-state index in [1.807, 2.05) is 12.1 Å². The van der Waals surface area contributed by atoms with Crippen LogP contribution in [0.25, 0.3) is 0 Å². The Morgan fingerprint density at radius 3 is 2.30 bits per heavy atom. The summed E-state index contributed by atoms with van der Waals surface area (Å²) in [5.41, 5.74) is 4.42. The van der Waals surface area contributed by atoms with Gasteiger partial charge in [-0.2, -0.15) is 0 Å². The van der Waals surface area contributed by atoms with Crippen LogP contribution in [0, 0.1) is 0 Å². The average molecular weight is 141 g/mol. The van der Waals surface area contributed by atoms with Gasteiger partial charge in [-0.15, -0.1) is 5.53 Å². The van der Waals surface area contributed by atoms with Gasteiger partial charge in [0.2, 0.25) is 0 Å². The van der Waals surface area contributed by atoms with Crippen LogP contribution in [0.3, 0.4) is 0 Å². The third kappa shape index (κ3) is 1.24. The van der Waals surface area contributed by atoms with Crippen LogP contribution < -0.4 is 5.53 Å². The summed E-state index contributed by atoms with van der Waals surface area (Å²) < 4.78 is 0. The van der Waals surface area contributed by atoms with Crippen LogP contribution in [-0.2, 0) is 0 Å². The van der Waals surface area contributed by atoms with Gasteiger partial charge in [-0.25, -0.2) is 0 Å². The van der Waals surface area contributed by atoms with Crippen LogP contribution in [0.15, 0.2) is 11.9 Å². The van der Waals surface area contributed by atoms with Crippen LogP contribution in [0.2, 0.25) is 0 Å². The van der Waals surface area contributed by atoms with Crippen molar-refractivity contribution in [3.05, 3.63) is 11.9 Å². The molecule has 0 bridgehead atoms. The van der Waals surface area contributed by atoms with Crippen LogP contribution in [0.5, 0.6) is 0 Å². The maximum Gasteiger partial charge on any atom is 0.0451 e. The molecule has 58 valence electrons. The van der Waals surface area contributed by atoms with E-state index in [1.54, 1.807) is 0 Å². The zero-order valence-corrected chi connectivity index (χ0v) is 7.05. The van der Waals surface area contributed by atoms with Crippen molar-refractivity contribution >= 4 is 0 Å². The lowest BCUT2D eigenvalue weighted by Gasteiger charge is -2.23. The predicted octanol–water partition coefficient (Wildman–Crippen LogP) is 0.923. The molecular weight excluding hydrogens is 126 g/mol. The van der Waals surface area contributed by atoms with E-state index in [9.17, 15) is 0 Å². The standard InChI is InChI=1S/C7H15N3/c1-6(2)10-5-7(3)9(4)8-10/h5-6,8H,1-4H3. The average Bonchev–Trinajstić information content (AvgIpc) is 2.13. The molecule has 1 aliphatic heterocycles. The fourth-order valence-corrected chi connectivity index (χ4v) is 0.833. The number of nitrogens with zero attached hydrogens (tertiary/aromatic N) is 2. The second kappa shape index (κ2) is 2.50. The Morgan fingerprint density at radius 1 is 1.50 bits per heavy atom. The molecule has 1 heterocycles. The highest BCUT2D eigenvalue weighted by Crippen LogP contribution is 2.09. The van der Waals surface area contributed by atoms with E-state index in [-0.39, 0.29) is 0 Å². The maximum absolute atomic E-state index is 3.18. The molecule has 0 amide bonds. The molecule has 0 unspecified atom stereocenters. The van der Waals surface area contributed by atoms with Crippen LogP contribution in [0.1, 0.15) is 20.8 Å². The largest absolute Gasteiger partial charge is 0.297 e. The van der Waals surface area contributed by atoms with E-state index in [4.69, 9.17) is 0 Å². The fraction of sp³-hybridized carbons (Fsp3) is 0.714. The number of hydrogen-bond acceptors (Lipinski definition) is 3. The Morgan fingerprint density at radius 2 is 2.10 bits per heavy atom. The number of nitrogens with one attached hydrogen (secondary N) is 1. The molecular formula is C7H15N3. The van der Waals surface area contributed by atoms with Crippen molar-refractivity contribution in [3.63, 3.8) is 0 Å². The second-order valence-corrected chi connectivity index (χ2v) is 2.93. The Balaban J connectivity index is 2.56. The van der Waals surface area contributed by atoms with E-state index >= 15 is 0 Å². The second-order valence-electron chi connectivity index (χ2n) is 2.93. The molecule has 0 aromatic rings. The van der Waals surface area contributed by atoms with Crippen LogP contribution in [-0.4, -0.2) is 23.1 Å². The number of allylic oxidation sites excluding steroid dienone is 1. The summed E-state index contributed by atoms with van der Waals surface area (Å²) in [4.78, 5) is 0. The molecule has 10 heavy (non-hydrogen) atoms. The van der Waals surface area contributed by atoms with Gasteiger partial charge in [0.1, 0.15) is 0 Å². The molecule has 3 nitrogen and oxygen atoms in total. The maximum atomic E-state index is 3.18. The lowest BCUT2D eigenvalue weighted by Crippen LogP contribution is -2.41. The normalized spacial score (nSPS) is 18.7. The fourth-order valence-electron chi connectivity index (χ4n) is 0.833. The SMILES string of the molecule is CC1=CN(C(C)C)NN1C. The molecule has 0 saturated carbocycles. The van der Waals surface area contributed by atoms with Crippen LogP contribution in [0.4, 0.5) is 0 Å². The van der Waals surface area contributed by atoms with Crippen molar-refractivity contribution < 1.29 is 0 Å². The summed E-state index contributed by atoms with van der Waals surface area (Å²) in [5, 5.41) is 4.08. The Bertz CT molecular complexity index is 151. The van der Waals surface area contributed by atoms with Gasteiger partial charge < -0.3 is 0 Å². The van der Waals surface area contributed by atoms with Crippen molar-refractivity contribution in [1.29, 1.82) is 0 Å². The first-order valence-electron chi connectivity index (χ1n) is 3.58. The third-order valence-corrected chi connectivity index (χ3v) is 1.68. The third-order valence-electron chi connectivity index (χ3n) is 1.68. The Hall–Kier alpha value is -0.700. The summed E-state index contributed by atoms with van der Waals surface area (Å²) in [5.74, 6) is 0. The molecule has 0 radical (unpaired) electrons. The highest BCUT2D eigenvalue weighted by atomic mass is 15.8. The van der Waals surface area contributed by atoms with E-state index in [1.165, 1.54) is 5.70 Å². The lowest BCUT2D eigenvalue weighted by molar-refractivity contribution is 0.126. The smallest absolute Gasteiger partial charge is 0.0451 e. The summed E-state index contributed by atoms with van der Waals surface area (Å²) in [6.07, 6.45) is 2.10. The summed E-state index contributed by atoms with van der Waals surface area (Å²) in [7, 11) is 2.01. The summed E-state index contributed by atoms with van der Waals surface area (Å²) in [6.45, 7) is 6.38. The molecule has 3 heteroatoms. The molecule has 1 N–H and O–H groups in total. The predicted molar refractivity (Wildman–Crippen MR) is 41.6 cm³/mol. The van der Waals surface area contributed by atoms with Gasteiger partial charge in [0, 0.05) is 25.0 Å². The van der Waals surface area contributed by atoms with Gasteiger partial charge in [-0.05, 0) is 20.8 Å². The van der Waals surface area contributed by atoms with Crippen molar-refractivity contribution in [2.45, 2.75) is 26.8 Å². The molecule has 0 fully saturated rings. The molecule has 1 aliphatic rings. The highest BCUT2D eigenvalue weighted by molar-refractivity contribution is 4.99. The van der Waals surface area contributed by atoms with Gasteiger partial charge >= 0.3 is 0 Å². The van der Waals surface area contributed by atoms with Crippen molar-refractivity contribution in [3.8, 4) is 0 Å². The monoisotopic (exact) mass is 141 g/mol. The summed E-state index contributed by atoms with van der Waals surface area (Å²) >= 11 is 0. The minimum absolute atomic E-state index is 0.514. The molecule has 1 rings (SSSR count). The van der Waals surface area contributed by atoms with E-state index in [0.717, 1.165) is 0 Å². The van der Waals surface area contributed by atoms with E-state index in [2.05, 4.69) is 37.5 Å². The first kappa shape index (κ1) is 7.41. The minimum atomic E-state index is 0.514. The molecule has 0 spiro atoms. The van der Waals surface area contributed by atoms with Gasteiger partial charge in [0.25, 0.3) is 0 Å². The van der Waals surface area contributed by atoms with Gasteiger partial charge in [-0.1, -0.05) is 0 Å². The highest BCUT2D eigenvalue weighted by Gasteiger charge is 2.14. The zero-order valence-electron chi connectivity index (χ0n) is 7.05. The molecule has 0 aliphatic carbocycles. The molecule has 0 saturated heterocycles. The van der Waals surface area contributed by atoms with Crippen molar-refractivity contribution in [2.75, 3.05) is 7.05 Å². The lowest BCUT2D eigenvalue weighted by atomic mass is 10.4. The van der Waals surface area contributed by atoms with Crippen molar-refractivity contribution in [1.82, 2.24) is 15.6 Å². The molecule has 0 aromatic heterocycles. The topological polar surface area (TPSA) is 18.5 Å². The van der Waals surface area contributed by atoms with Crippen LogP contribution >= 0.6 is 0 Å². The Labute approximate surface area is 62.2 Å². The Kier molecular flexibility index (Phi) is 1.85. The molecule has 0 atom stereocenters. The van der Waals surface area contributed by atoms with Gasteiger partial charge in [0.15, 0.2) is 0 Å². The first-order valence-corrected chi connectivity index (χ1v) is 3.58. The number of hydrogen-bond donors (Lipinski definition) is 1. The zero-order chi connectivity index (χ0) is 7.72. The quantitative estimate of drug-likeness (QED) is 0.586. The summed E-state index contributed by atoms with van der Waals surface area (Å²) in [6, 6.07) is 0.514. The van der Waals surface area contributed by atoms with Gasteiger partial charge in [-0.3, -0.25) is 10.0 Å². The van der Waals surface area contributed by atoms with Gasteiger partial charge in [0.05, 0.1) is 0 Å². The van der Waals surface area contributed by atoms with Crippen molar-refractivity contribution in [2.24, 2.45) is 0 Å². The number of rotatable bonds is 1. The van der Waals surface area contributed by atoms with E-state index < -0.39 is 0 Å².